The number of aliphatic hydroxyl groups excluding tert-OH is 1. The monoisotopic (exact) mass is 393 g/mol. The maximum absolute atomic E-state index is 12.9. The van der Waals surface area contributed by atoms with Crippen LogP contribution in [-0.2, 0) is 10.2 Å². The number of hydrogen-bond donors (Lipinski definition) is 2. The van der Waals surface area contributed by atoms with Crippen molar-refractivity contribution in [3.8, 4) is 16.9 Å². The van der Waals surface area contributed by atoms with Crippen molar-refractivity contribution in [2.45, 2.75) is 24.4 Å². The van der Waals surface area contributed by atoms with Crippen LogP contribution in [0.2, 0.25) is 0 Å². The van der Waals surface area contributed by atoms with Crippen LogP contribution >= 0.6 is 11.3 Å². The highest BCUT2D eigenvalue weighted by Gasteiger charge is 2.52. The van der Waals surface area contributed by atoms with Gasteiger partial charge < -0.3 is 15.2 Å². The van der Waals surface area contributed by atoms with Crippen LogP contribution in [0.3, 0.4) is 0 Å². The molecule has 0 aliphatic heterocycles. The molecule has 0 saturated heterocycles. The van der Waals surface area contributed by atoms with Gasteiger partial charge in [0.1, 0.15) is 5.75 Å². The highest BCUT2D eigenvalue weighted by atomic mass is 32.1. The molecule has 2 aromatic carbocycles. The topological polar surface area (TPSA) is 58.6 Å². The summed E-state index contributed by atoms with van der Waals surface area (Å²) in [5.74, 6) is 0.686. The van der Waals surface area contributed by atoms with E-state index in [-0.39, 0.29) is 12.5 Å². The van der Waals surface area contributed by atoms with Gasteiger partial charge in [-0.3, -0.25) is 4.79 Å². The summed E-state index contributed by atoms with van der Waals surface area (Å²) in [6.07, 6.45) is 0.851. The standard InChI is InChI=1S/C23H23NO3S/c1-27-21-5-3-2-4-19(21)23(11-12-23)22(26)24-14-20(25)17-8-6-16(7-9-17)18-10-13-28-15-18/h2-10,13,15,20,25H,11-12,14H2,1H3,(H,24,26). The molecular weight excluding hydrogens is 370 g/mol. The van der Waals surface area contributed by atoms with Gasteiger partial charge in [-0.1, -0.05) is 42.5 Å². The molecule has 1 aliphatic carbocycles. The largest absolute Gasteiger partial charge is 0.496 e. The minimum absolute atomic E-state index is 0.0501. The van der Waals surface area contributed by atoms with E-state index < -0.39 is 11.5 Å². The fourth-order valence-electron chi connectivity index (χ4n) is 3.59. The Balaban J connectivity index is 1.41. The molecule has 4 rings (SSSR count). The molecule has 1 aromatic heterocycles. The van der Waals surface area contributed by atoms with E-state index in [1.807, 2.05) is 53.9 Å². The summed E-state index contributed by atoms with van der Waals surface area (Å²) in [5, 5.41) is 17.6. The van der Waals surface area contributed by atoms with Gasteiger partial charge in [-0.25, -0.2) is 0 Å². The Hall–Kier alpha value is -2.63. The molecule has 144 valence electrons. The number of para-hydroxylation sites is 1. The summed E-state index contributed by atoms with van der Waals surface area (Å²) in [4.78, 5) is 12.9. The highest BCUT2D eigenvalue weighted by molar-refractivity contribution is 7.08. The Bertz CT molecular complexity index is 946. The van der Waals surface area contributed by atoms with Crippen LogP contribution in [0.5, 0.6) is 5.75 Å². The first-order valence-electron chi connectivity index (χ1n) is 9.36. The zero-order chi connectivity index (χ0) is 19.6. The number of carbonyl (C=O) groups excluding carboxylic acids is 1. The Labute approximate surface area is 168 Å². The van der Waals surface area contributed by atoms with Crippen molar-refractivity contribution in [3.05, 3.63) is 76.5 Å². The number of hydrogen-bond acceptors (Lipinski definition) is 4. The average Bonchev–Trinajstić information content (AvgIpc) is 3.37. The van der Waals surface area contributed by atoms with Crippen LogP contribution < -0.4 is 10.1 Å². The number of carbonyl (C=O) groups is 1. The van der Waals surface area contributed by atoms with Crippen molar-refractivity contribution in [1.29, 1.82) is 0 Å². The van der Waals surface area contributed by atoms with Crippen LogP contribution in [0.4, 0.5) is 0 Å². The molecule has 3 aromatic rings. The quantitative estimate of drug-likeness (QED) is 0.629. The number of aliphatic hydroxyl groups is 1. The lowest BCUT2D eigenvalue weighted by Crippen LogP contribution is -2.37. The molecule has 1 heterocycles. The number of methoxy groups -OCH3 is 1. The normalized spacial score (nSPS) is 15.6. The fourth-order valence-corrected chi connectivity index (χ4v) is 4.25. The first-order valence-corrected chi connectivity index (χ1v) is 10.3. The van der Waals surface area contributed by atoms with Crippen LogP contribution in [0, 0.1) is 0 Å². The minimum Gasteiger partial charge on any atom is -0.496 e. The van der Waals surface area contributed by atoms with Crippen molar-refractivity contribution in [3.63, 3.8) is 0 Å². The molecule has 0 radical (unpaired) electrons. The van der Waals surface area contributed by atoms with Crippen molar-refractivity contribution < 1.29 is 14.6 Å². The molecule has 4 nitrogen and oxygen atoms in total. The predicted molar refractivity (Wildman–Crippen MR) is 112 cm³/mol. The maximum Gasteiger partial charge on any atom is 0.230 e. The molecule has 1 atom stereocenters. The van der Waals surface area contributed by atoms with Gasteiger partial charge in [0.2, 0.25) is 5.91 Å². The third-order valence-corrected chi connectivity index (χ3v) is 6.10. The summed E-state index contributed by atoms with van der Waals surface area (Å²) in [7, 11) is 1.62. The number of nitrogens with one attached hydrogen (secondary N) is 1. The van der Waals surface area contributed by atoms with Crippen LogP contribution in [0.15, 0.2) is 65.4 Å². The number of benzene rings is 2. The molecule has 0 spiro atoms. The second-order valence-corrected chi connectivity index (χ2v) is 7.92. The second kappa shape index (κ2) is 7.78. The number of amides is 1. The molecule has 1 saturated carbocycles. The Morgan fingerprint density at radius 2 is 1.89 bits per heavy atom. The summed E-state index contributed by atoms with van der Waals surface area (Å²) in [5.41, 5.74) is 3.47. The molecule has 2 N–H and O–H groups in total. The molecule has 1 fully saturated rings. The van der Waals surface area contributed by atoms with E-state index in [0.717, 1.165) is 35.3 Å². The van der Waals surface area contributed by atoms with Gasteiger partial charge in [0.05, 0.1) is 18.6 Å². The van der Waals surface area contributed by atoms with Gasteiger partial charge in [-0.05, 0) is 52.4 Å². The first-order chi connectivity index (χ1) is 13.6. The Morgan fingerprint density at radius 3 is 2.54 bits per heavy atom. The van der Waals surface area contributed by atoms with Crippen molar-refractivity contribution in [2.24, 2.45) is 0 Å². The van der Waals surface area contributed by atoms with Gasteiger partial charge in [-0.15, -0.1) is 0 Å². The molecular formula is C23H23NO3S. The third kappa shape index (κ3) is 3.55. The lowest BCUT2D eigenvalue weighted by Gasteiger charge is -2.20. The van der Waals surface area contributed by atoms with E-state index >= 15 is 0 Å². The summed E-state index contributed by atoms with van der Waals surface area (Å²) in [6, 6.07) is 17.6. The zero-order valence-corrected chi connectivity index (χ0v) is 16.5. The molecule has 1 aliphatic rings. The fraction of sp³-hybridized carbons (Fsp3) is 0.261. The maximum atomic E-state index is 12.9. The smallest absolute Gasteiger partial charge is 0.230 e. The van der Waals surface area contributed by atoms with E-state index in [9.17, 15) is 9.90 Å². The second-order valence-electron chi connectivity index (χ2n) is 7.14. The first kappa shape index (κ1) is 18.7. The zero-order valence-electron chi connectivity index (χ0n) is 15.7. The van der Waals surface area contributed by atoms with Gasteiger partial charge in [-0.2, -0.15) is 11.3 Å². The number of rotatable bonds is 7. The Kier molecular flexibility index (Phi) is 5.20. The molecule has 5 heteroatoms. The number of ether oxygens (including phenoxy) is 1. The van der Waals surface area contributed by atoms with Crippen molar-refractivity contribution in [2.75, 3.05) is 13.7 Å². The van der Waals surface area contributed by atoms with Gasteiger partial charge in [0, 0.05) is 12.1 Å². The van der Waals surface area contributed by atoms with Gasteiger partial charge >= 0.3 is 0 Å². The van der Waals surface area contributed by atoms with E-state index in [4.69, 9.17) is 4.74 Å². The third-order valence-electron chi connectivity index (χ3n) is 5.41. The van der Waals surface area contributed by atoms with Crippen molar-refractivity contribution in [1.82, 2.24) is 5.32 Å². The van der Waals surface area contributed by atoms with E-state index in [1.165, 1.54) is 5.56 Å². The average molecular weight is 394 g/mol. The minimum atomic E-state index is -0.742. The number of thiophene rings is 1. The van der Waals surface area contributed by atoms with E-state index in [2.05, 4.69) is 16.8 Å². The van der Waals surface area contributed by atoms with E-state index in [1.54, 1.807) is 18.4 Å². The lowest BCUT2D eigenvalue weighted by molar-refractivity contribution is -0.124. The van der Waals surface area contributed by atoms with E-state index in [0.29, 0.717) is 0 Å². The highest BCUT2D eigenvalue weighted by Crippen LogP contribution is 2.51. The van der Waals surface area contributed by atoms with Gasteiger partial charge in [0.25, 0.3) is 0 Å². The molecule has 1 amide bonds. The van der Waals surface area contributed by atoms with Crippen molar-refractivity contribution >= 4 is 17.2 Å². The summed E-state index contributed by atoms with van der Waals surface area (Å²) < 4.78 is 5.43. The Morgan fingerprint density at radius 1 is 1.14 bits per heavy atom. The molecule has 0 bridgehead atoms. The lowest BCUT2D eigenvalue weighted by atomic mass is 9.93. The molecule has 1 unspecified atom stereocenters. The van der Waals surface area contributed by atoms with Gasteiger partial charge in [0.15, 0.2) is 0 Å². The van der Waals surface area contributed by atoms with Crippen LogP contribution in [0.25, 0.3) is 11.1 Å². The SMILES string of the molecule is COc1ccccc1C1(C(=O)NCC(O)c2ccc(-c3ccsc3)cc2)CC1. The summed E-state index contributed by atoms with van der Waals surface area (Å²) in [6.45, 7) is 0.188. The predicted octanol–water partition coefficient (Wildman–Crippen LogP) is 4.31. The molecule has 28 heavy (non-hydrogen) atoms. The summed E-state index contributed by atoms with van der Waals surface area (Å²) >= 11 is 1.66. The van der Waals surface area contributed by atoms with Crippen LogP contribution in [-0.4, -0.2) is 24.7 Å². The van der Waals surface area contributed by atoms with Crippen LogP contribution in [0.1, 0.15) is 30.1 Å².